The van der Waals surface area contributed by atoms with Crippen molar-refractivity contribution in [3.05, 3.63) is 33.8 Å². The molecule has 0 bridgehead atoms. The van der Waals surface area contributed by atoms with E-state index in [0.29, 0.717) is 23.1 Å². The quantitative estimate of drug-likeness (QED) is 0.766. The molecule has 0 aliphatic carbocycles. The molecule has 0 radical (unpaired) electrons. The van der Waals surface area contributed by atoms with E-state index in [9.17, 15) is 4.79 Å². The Balaban J connectivity index is 2.20. The van der Waals surface area contributed by atoms with E-state index >= 15 is 0 Å². The zero-order chi connectivity index (χ0) is 15.2. The van der Waals surface area contributed by atoms with Gasteiger partial charge in [0.15, 0.2) is 0 Å². The molecule has 5 heteroatoms. The first kappa shape index (κ1) is 16.6. The van der Waals surface area contributed by atoms with Crippen LogP contribution in [-0.4, -0.2) is 36.6 Å². The second-order valence-corrected chi connectivity index (χ2v) is 6.08. The molecule has 0 aromatic heterocycles. The van der Waals surface area contributed by atoms with Crippen LogP contribution in [0.15, 0.2) is 18.2 Å². The molecule has 2 rings (SSSR count). The number of piperidine rings is 1. The lowest BCUT2D eigenvalue weighted by molar-refractivity contribution is -0.150. The molecule has 1 aliphatic heterocycles. The van der Waals surface area contributed by atoms with Crippen LogP contribution >= 0.6 is 23.2 Å². The third kappa shape index (κ3) is 4.35. The third-order valence-electron chi connectivity index (χ3n) is 3.85. The SMILES string of the molecule is CCOC(=O)C(Cc1c(Cl)cccc1Cl)N1CCCCC1. The molecule has 1 unspecified atom stereocenters. The molecule has 1 fully saturated rings. The fraction of sp³-hybridized carbons (Fsp3) is 0.562. The zero-order valence-electron chi connectivity index (χ0n) is 12.3. The van der Waals surface area contributed by atoms with Crippen LogP contribution in [0.2, 0.25) is 10.0 Å². The maximum Gasteiger partial charge on any atom is 0.323 e. The average molecular weight is 330 g/mol. The van der Waals surface area contributed by atoms with Gasteiger partial charge < -0.3 is 4.74 Å². The molecule has 116 valence electrons. The molecule has 0 amide bonds. The maximum absolute atomic E-state index is 12.3. The van der Waals surface area contributed by atoms with Crippen LogP contribution in [0.1, 0.15) is 31.7 Å². The van der Waals surface area contributed by atoms with Crippen molar-refractivity contribution < 1.29 is 9.53 Å². The van der Waals surface area contributed by atoms with E-state index in [-0.39, 0.29) is 12.0 Å². The maximum atomic E-state index is 12.3. The van der Waals surface area contributed by atoms with Crippen LogP contribution < -0.4 is 0 Å². The highest BCUT2D eigenvalue weighted by molar-refractivity contribution is 6.36. The van der Waals surface area contributed by atoms with E-state index in [1.54, 1.807) is 12.1 Å². The first-order valence-corrected chi connectivity index (χ1v) is 8.22. The molecule has 21 heavy (non-hydrogen) atoms. The summed E-state index contributed by atoms with van der Waals surface area (Å²) in [4.78, 5) is 14.5. The van der Waals surface area contributed by atoms with Gasteiger partial charge in [-0.15, -0.1) is 0 Å². The summed E-state index contributed by atoms with van der Waals surface area (Å²) in [6.07, 6.45) is 3.95. The molecule has 0 N–H and O–H groups in total. The van der Waals surface area contributed by atoms with Gasteiger partial charge in [-0.3, -0.25) is 9.69 Å². The van der Waals surface area contributed by atoms with Crippen molar-refractivity contribution in [3.8, 4) is 0 Å². The lowest BCUT2D eigenvalue weighted by Gasteiger charge is -2.33. The van der Waals surface area contributed by atoms with Crippen LogP contribution in [0.5, 0.6) is 0 Å². The highest BCUT2D eigenvalue weighted by Gasteiger charge is 2.29. The number of benzene rings is 1. The van der Waals surface area contributed by atoms with Gasteiger partial charge in [0.05, 0.1) is 6.61 Å². The summed E-state index contributed by atoms with van der Waals surface area (Å²) in [5, 5.41) is 1.21. The summed E-state index contributed by atoms with van der Waals surface area (Å²) in [5.41, 5.74) is 0.824. The number of carbonyl (C=O) groups excluding carboxylic acids is 1. The lowest BCUT2D eigenvalue weighted by Crippen LogP contribution is -2.46. The number of likely N-dealkylation sites (tertiary alicyclic amines) is 1. The largest absolute Gasteiger partial charge is 0.465 e. The van der Waals surface area contributed by atoms with Crippen LogP contribution in [0, 0.1) is 0 Å². The summed E-state index contributed by atoms with van der Waals surface area (Å²) in [6.45, 7) is 4.06. The third-order valence-corrected chi connectivity index (χ3v) is 4.56. The molecule has 1 saturated heterocycles. The van der Waals surface area contributed by atoms with E-state index in [2.05, 4.69) is 4.90 Å². The summed E-state index contributed by atoms with van der Waals surface area (Å²) >= 11 is 12.5. The normalized spacial score (nSPS) is 17.5. The zero-order valence-corrected chi connectivity index (χ0v) is 13.8. The number of halogens is 2. The van der Waals surface area contributed by atoms with Gasteiger partial charge in [0.1, 0.15) is 6.04 Å². The smallest absolute Gasteiger partial charge is 0.323 e. The Hall–Kier alpha value is -0.770. The van der Waals surface area contributed by atoms with E-state index in [1.807, 2.05) is 13.0 Å². The van der Waals surface area contributed by atoms with Gasteiger partial charge in [0.2, 0.25) is 0 Å². The number of hydrogen-bond donors (Lipinski definition) is 0. The summed E-state index contributed by atoms with van der Waals surface area (Å²) in [6, 6.07) is 5.12. The van der Waals surface area contributed by atoms with E-state index in [4.69, 9.17) is 27.9 Å². The first-order valence-electron chi connectivity index (χ1n) is 7.47. The van der Waals surface area contributed by atoms with Crippen LogP contribution in [-0.2, 0) is 16.0 Å². The number of esters is 1. The number of nitrogens with zero attached hydrogens (tertiary/aromatic N) is 1. The van der Waals surface area contributed by atoms with Crippen molar-refractivity contribution in [2.24, 2.45) is 0 Å². The predicted octanol–water partition coefficient (Wildman–Crippen LogP) is 3.95. The Morgan fingerprint density at radius 1 is 1.24 bits per heavy atom. The van der Waals surface area contributed by atoms with E-state index in [0.717, 1.165) is 31.5 Å². The molecule has 1 heterocycles. The van der Waals surface area contributed by atoms with Crippen molar-refractivity contribution in [2.75, 3.05) is 19.7 Å². The van der Waals surface area contributed by atoms with Gasteiger partial charge in [-0.05, 0) is 50.6 Å². The second-order valence-electron chi connectivity index (χ2n) is 5.27. The Labute approximate surface area is 136 Å². The van der Waals surface area contributed by atoms with Gasteiger partial charge in [-0.25, -0.2) is 0 Å². The fourth-order valence-corrected chi connectivity index (χ4v) is 3.30. The van der Waals surface area contributed by atoms with Crippen molar-refractivity contribution in [1.82, 2.24) is 4.90 Å². The minimum absolute atomic E-state index is 0.185. The number of hydrogen-bond acceptors (Lipinski definition) is 3. The summed E-state index contributed by atoms with van der Waals surface area (Å²) in [7, 11) is 0. The molecule has 3 nitrogen and oxygen atoms in total. The molecular formula is C16H21Cl2NO2. The monoisotopic (exact) mass is 329 g/mol. The topological polar surface area (TPSA) is 29.5 Å². The van der Waals surface area contributed by atoms with Gasteiger partial charge in [0.25, 0.3) is 0 Å². The molecule has 1 atom stereocenters. The Kier molecular flexibility index (Phi) is 6.34. The Morgan fingerprint density at radius 3 is 2.43 bits per heavy atom. The lowest BCUT2D eigenvalue weighted by atomic mass is 10.0. The standard InChI is InChI=1S/C16H21Cl2NO2/c1-2-21-16(20)15(19-9-4-3-5-10-19)11-12-13(17)7-6-8-14(12)18/h6-8,15H,2-5,9-11H2,1H3. The van der Waals surface area contributed by atoms with E-state index < -0.39 is 0 Å². The van der Waals surface area contributed by atoms with Gasteiger partial charge in [-0.1, -0.05) is 35.7 Å². The second kappa shape index (κ2) is 8.02. The van der Waals surface area contributed by atoms with Gasteiger partial charge >= 0.3 is 5.97 Å². The number of ether oxygens (including phenoxy) is 1. The Bertz CT molecular complexity index is 467. The molecule has 1 aliphatic rings. The Morgan fingerprint density at radius 2 is 1.86 bits per heavy atom. The van der Waals surface area contributed by atoms with Crippen LogP contribution in [0.25, 0.3) is 0 Å². The predicted molar refractivity (Wildman–Crippen MR) is 86.0 cm³/mol. The average Bonchev–Trinajstić information content (AvgIpc) is 2.48. The first-order chi connectivity index (χ1) is 10.1. The van der Waals surface area contributed by atoms with Crippen LogP contribution in [0.3, 0.4) is 0 Å². The van der Waals surface area contributed by atoms with Crippen molar-refractivity contribution in [2.45, 2.75) is 38.6 Å². The van der Waals surface area contributed by atoms with E-state index in [1.165, 1.54) is 6.42 Å². The van der Waals surface area contributed by atoms with Crippen molar-refractivity contribution >= 4 is 29.2 Å². The summed E-state index contributed by atoms with van der Waals surface area (Å²) < 4.78 is 5.24. The van der Waals surface area contributed by atoms with Gasteiger partial charge in [0, 0.05) is 16.5 Å². The fourth-order valence-electron chi connectivity index (χ4n) is 2.75. The minimum Gasteiger partial charge on any atom is -0.465 e. The molecule has 1 aromatic carbocycles. The highest BCUT2D eigenvalue weighted by atomic mass is 35.5. The minimum atomic E-state index is -0.303. The van der Waals surface area contributed by atoms with Crippen molar-refractivity contribution in [1.29, 1.82) is 0 Å². The highest BCUT2D eigenvalue weighted by Crippen LogP contribution is 2.27. The van der Waals surface area contributed by atoms with Crippen LogP contribution in [0.4, 0.5) is 0 Å². The molecular weight excluding hydrogens is 309 g/mol. The molecule has 0 saturated carbocycles. The number of carbonyl (C=O) groups is 1. The molecule has 1 aromatic rings. The number of rotatable bonds is 5. The molecule has 0 spiro atoms. The van der Waals surface area contributed by atoms with Gasteiger partial charge in [-0.2, -0.15) is 0 Å². The summed E-state index contributed by atoms with van der Waals surface area (Å²) in [5.74, 6) is -0.185. The van der Waals surface area contributed by atoms with Crippen molar-refractivity contribution in [3.63, 3.8) is 0 Å².